The van der Waals surface area contributed by atoms with E-state index in [0.29, 0.717) is 5.92 Å². The summed E-state index contributed by atoms with van der Waals surface area (Å²) in [5, 5.41) is 0. The SMILES string of the molecule is C/C=C/C1CCC(c2ccc(C)c(F)c2)CC1.[HH]. The molecule has 0 atom stereocenters. The van der Waals surface area contributed by atoms with Gasteiger partial charge in [0.2, 0.25) is 0 Å². The van der Waals surface area contributed by atoms with Crippen molar-refractivity contribution < 1.29 is 5.82 Å². The Balaban J connectivity index is 0.00000162. The summed E-state index contributed by atoms with van der Waals surface area (Å²) in [4.78, 5) is 0. The number of benzene rings is 1. The average molecular weight is 234 g/mol. The molecule has 2 rings (SSSR count). The molecule has 1 aliphatic rings. The third-order valence-electron chi connectivity index (χ3n) is 3.90. The third-order valence-corrected chi connectivity index (χ3v) is 3.90. The Kier molecular flexibility index (Phi) is 3.98. The van der Waals surface area contributed by atoms with Gasteiger partial charge in [-0.2, -0.15) is 0 Å². The molecule has 1 aromatic carbocycles. The molecule has 0 nitrogen and oxygen atoms in total. The van der Waals surface area contributed by atoms with Crippen molar-refractivity contribution in [2.75, 3.05) is 0 Å². The molecule has 1 fully saturated rings. The van der Waals surface area contributed by atoms with Gasteiger partial charge in [0, 0.05) is 1.43 Å². The van der Waals surface area contributed by atoms with Crippen molar-refractivity contribution in [3.8, 4) is 0 Å². The van der Waals surface area contributed by atoms with Crippen LogP contribution in [0.3, 0.4) is 0 Å². The number of hydrogen-bond donors (Lipinski definition) is 0. The molecule has 0 amide bonds. The maximum atomic E-state index is 13.5. The number of halogens is 1. The van der Waals surface area contributed by atoms with Gasteiger partial charge in [-0.3, -0.25) is 0 Å². The van der Waals surface area contributed by atoms with Crippen molar-refractivity contribution in [3.05, 3.63) is 47.3 Å². The predicted octanol–water partition coefficient (Wildman–Crippen LogP) is 5.23. The molecular formula is C16H23F. The van der Waals surface area contributed by atoms with Gasteiger partial charge in [0.1, 0.15) is 5.82 Å². The maximum Gasteiger partial charge on any atom is 0.126 e. The van der Waals surface area contributed by atoms with Gasteiger partial charge >= 0.3 is 0 Å². The van der Waals surface area contributed by atoms with Crippen LogP contribution in [0.5, 0.6) is 0 Å². The van der Waals surface area contributed by atoms with E-state index in [4.69, 9.17) is 0 Å². The Labute approximate surface area is 105 Å². The smallest absolute Gasteiger partial charge is 0.126 e. The van der Waals surface area contributed by atoms with E-state index in [1.165, 1.54) is 31.2 Å². The van der Waals surface area contributed by atoms with E-state index >= 15 is 0 Å². The fourth-order valence-corrected chi connectivity index (χ4v) is 2.78. The van der Waals surface area contributed by atoms with Crippen LogP contribution < -0.4 is 0 Å². The molecule has 1 heteroatoms. The molecule has 0 radical (unpaired) electrons. The molecule has 0 aromatic heterocycles. The van der Waals surface area contributed by atoms with Crippen molar-refractivity contribution in [1.82, 2.24) is 0 Å². The minimum absolute atomic E-state index is 0. The maximum absolute atomic E-state index is 13.5. The summed E-state index contributed by atoms with van der Waals surface area (Å²) in [5.41, 5.74) is 1.93. The second-order valence-electron chi connectivity index (χ2n) is 5.15. The number of hydrogen-bond acceptors (Lipinski definition) is 0. The predicted molar refractivity (Wildman–Crippen MR) is 72.8 cm³/mol. The Morgan fingerprint density at radius 2 is 1.94 bits per heavy atom. The van der Waals surface area contributed by atoms with Crippen molar-refractivity contribution in [3.63, 3.8) is 0 Å². The van der Waals surface area contributed by atoms with Crippen LogP contribution in [0, 0.1) is 18.7 Å². The number of allylic oxidation sites excluding steroid dienone is 2. The fraction of sp³-hybridized carbons (Fsp3) is 0.500. The molecule has 17 heavy (non-hydrogen) atoms. The fourth-order valence-electron chi connectivity index (χ4n) is 2.78. The van der Waals surface area contributed by atoms with Gasteiger partial charge in [-0.05, 0) is 68.6 Å². The molecular weight excluding hydrogens is 211 g/mol. The van der Waals surface area contributed by atoms with Crippen LogP contribution >= 0.6 is 0 Å². The van der Waals surface area contributed by atoms with Gasteiger partial charge in [0.15, 0.2) is 0 Å². The van der Waals surface area contributed by atoms with E-state index in [1.807, 2.05) is 13.0 Å². The van der Waals surface area contributed by atoms with Crippen molar-refractivity contribution in [1.29, 1.82) is 0 Å². The summed E-state index contributed by atoms with van der Waals surface area (Å²) in [6.07, 6.45) is 9.33. The van der Waals surface area contributed by atoms with Crippen LogP contribution in [-0.4, -0.2) is 0 Å². The van der Waals surface area contributed by atoms with Gasteiger partial charge in [-0.1, -0.05) is 24.3 Å². The van der Waals surface area contributed by atoms with E-state index in [-0.39, 0.29) is 7.24 Å². The van der Waals surface area contributed by atoms with E-state index in [9.17, 15) is 4.39 Å². The quantitative estimate of drug-likeness (QED) is 0.615. The molecule has 0 unspecified atom stereocenters. The minimum atomic E-state index is -0.0573. The van der Waals surface area contributed by atoms with E-state index in [0.717, 1.165) is 11.5 Å². The normalized spacial score (nSPS) is 25.4. The first-order chi connectivity index (χ1) is 8.20. The highest BCUT2D eigenvalue weighted by atomic mass is 19.1. The second-order valence-corrected chi connectivity index (χ2v) is 5.15. The van der Waals surface area contributed by atoms with Crippen LogP contribution in [0.15, 0.2) is 30.4 Å². The number of aryl methyl sites for hydroxylation is 1. The lowest BCUT2D eigenvalue weighted by Crippen LogP contribution is -2.11. The zero-order chi connectivity index (χ0) is 12.3. The summed E-state index contributed by atoms with van der Waals surface area (Å²) < 4.78 is 13.5. The summed E-state index contributed by atoms with van der Waals surface area (Å²) in [7, 11) is 0. The molecule has 0 bridgehead atoms. The lowest BCUT2D eigenvalue weighted by Gasteiger charge is -2.27. The largest absolute Gasteiger partial charge is 0.207 e. The highest BCUT2D eigenvalue weighted by molar-refractivity contribution is 5.26. The Hall–Kier alpha value is -1.11. The lowest BCUT2D eigenvalue weighted by atomic mass is 9.78. The monoisotopic (exact) mass is 234 g/mol. The highest BCUT2D eigenvalue weighted by Gasteiger charge is 2.21. The van der Waals surface area contributed by atoms with Crippen molar-refractivity contribution >= 4 is 0 Å². The standard InChI is InChI=1S/C16H21F.H2/c1-3-4-13-6-9-14(10-7-13)15-8-5-12(2)16(17)11-15;/h3-5,8,11,13-14H,6-7,9-10H2,1-2H3;1H/b4-3+;. The van der Waals surface area contributed by atoms with Gasteiger partial charge in [-0.25, -0.2) is 4.39 Å². The Morgan fingerprint density at radius 1 is 1.24 bits per heavy atom. The zero-order valence-corrected chi connectivity index (χ0v) is 10.7. The summed E-state index contributed by atoms with van der Waals surface area (Å²) in [5.74, 6) is 1.25. The molecule has 0 aliphatic heterocycles. The minimum Gasteiger partial charge on any atom is -0.207 e. The van der Waals surface area contributed by atoms with Gasteiger partial charge in [0.05, 0.1) is 0 Å². The molecule has 1 saturated carbocycles. The summed E-state index contributed by atoms with van der Waals surface area (Å²) in [6.45, 7) is 3.91. The van der Waals surface area contributed by atoms with Gasteiger partial charge in [0.25, 0.3) is 0 Å². The third kappa shape index (κ3) is 2.96. The summed E-state index contributed by atoms with van der Waals surface area (Å²) in [6, 6.07) is 5.73. The van der Waals surface area contributed by atoms with Crippen LogP contribution in [0.1, 0.15) is 51.1 Å². The van der Waals surface area contributed by atoms with E-state index < -0.39 is 0 Å². The molecule has 0 spiro atoms. The van der Waals surface area contributed by atoms with Crippen LogP contribution in [0.2, 0.25) is 0 Å². The van der Waals surface area contributed by atoms with Gasteiger partial charge < -0.3 is 0 Å². The molecule has 0 heterocycles. The summed E-state index contributed by atoms with van der Waals surface area (Å²) >= 11 is 0. The van der Waals surface area contributed by atoms with Gasteiger partial charge in [-0.15, -0.1) is 0 Å². The van der Waals surface area contributed by atoms with E-state index in [1.54, 1.807) is 6.07 Å². The molecule has 1 aliphatic carbocycles. The van der Waals surface area contributed by atoms with Crippen molar-refractivity contribution in [2.45, 2.75) is 45.4 Å². The molecule has 94 valence electrons. The Morgan fingerprint density at radius 3 is 2.53 bits per heavy atom. The van der Waals surface area contributed by atoms with Crippen LogP contribution in [0.25, 0.3) is 0 Å². The first-order valence-electron chi connectivity index (χ1n) is 6.59. The number of rotatable bonds is 2. The first-order valence-corrected chi connectivity index (χ1v) is 6.59. The zero-order valence-electron chi connectivity index (χ0n) is 10.7. The first kappa shape index (κ1) is 12.3. The topological polar surface area (TPSA) is 0 Å². The van der Waals surface area contributed by atoms with Crippen LogP contribution in [-0.2, 0) is 0 Å². The Bertz CT molecular complexity index is 404. The highest BCUT2D eigenvalue weighted by Crippen LogP contribution is 2.36. The van der Waals surface area contributed by atoms with E-state index in [2.05, 4.69) is 25.1 Å². The average Bonchev–Trinajstić information content (AvgIpc) is 2.34. The van der Waals surface area contributed by atoms with Crippen molar-refractivity contribution in [2.24, 2.45) is 5.92 Å². The molecule has 0 N–H and O–H groups in total. The molecule has 0 saturated heterocycles. The lowest BCUT2D eigenvalue weighted by molar-refractivity contribution is 0.375. The second kappa shape index (κ2) is 5.48. The molecule has 1 aromatic rings. The van der Waals surface area contributed by atoms with Crippen LogP contribution in [0.4, 0.5) is 4.39 Å².